The van der Waals surface area contributed by atoms with Gasteiger partial charge in [0, 0.05) is 0 Å². The van der Waals surface area contributed by atoms with E-state index in [1.165, 1.54) is 64.2 Å². The normalized spacial score (nSPS) is 39.3. The third-order valence-electron chi connectivity index (χ3n) is 8.22. The average Bonchev–Trinajstić information content (AvgIpc) is 3.20. The maximum Gasteiger partial charge on any atom is -0.0352 e. The third kappa shape index (κ3) is 6.27. The van der Waals surface area contributed by atoms with Crippen molar-refractivity contribution in [2.24, 2.45) is 53.3 Å². The van der Waals surface area contributed by atoms with Gasteiger partial charge in [-0.3, -0.25) is 0 Å². The fourth-order valence-corrected chi connectivity index (χ4v) is 6.91. The molecule has 0 aromatic carbocycles. The maximum atomic E-state index is 2.44. The molecule has 7 unspecified atom stereocenters. The molecule has 0 bridgehead atoms. The summed E-state index contributed by atoms with van der Waals surface area (Å²) in [5.74, 6) is 9.28. The fraction of sp³-hybridized carbons (Fsp3) is 1.00. The molecule has 26 heavy (non-hydrogen) atoms. The van der Waals surface area contributed by atoms with Crippen LogP contribution in [0.25, 0.3) is 0 Å². The molecule has 0 saturated heterocycles. The van der Waals surface area contributed by atoms with Gasteiger partial charge in [-0.1, -0.05) is 74.1 Å². The van der Waals surface area contributed by atoms with E-state index in [0.717, 1.165) is 53.3 Å². The Bertz CT molecular complexity index is 381. The summed E-state index contributed by atoms with van der Waals surface area (Å²) in [6.07, 6.45) is 15.0. The molecule has 3 fully saturated rings. The molecule has 0 N–H and O–H groups in total. The van der Waals surface area contributed by atoms with Gasteiger partial charge >= 0.3 is 0 Å². The van der Waals surface area contributed by atoms with Crippen molar-refractivity contribution in [3.05, 3.63) is 0 Å². The Morgan fingerprint density at radius 1 is 0.808 bits per heavy atom. The number of rotatable bonds is 6. The third-order valence-corrected chi connectivity index (χ3v) is 8.22. The number of hydrogen-bond acceptors (Lipinski definition) is 0. The van der Waals surface area contributed by atoms with Gasteiger partial charge in [0.05, 0.1) is 0 Å². The van der Waals surface area contributed by atoms with Crippen LogP contribution in [0.5, 0.6) is 0 Å². The molecule has 3 saturated carbocycles. The highest BCUT2D eigenvalue weighted by Gasteiger charge is 2.42. The van der Waals surface area contributed by atoms with Crippen LogP contribution >= 0.6 is 0 Å². The standard InChI is InChI=1S/C14H28.C12H22/c1-5-13-9-12(4)10-14(13)8-6-7-11(2)3;1-8(2)11-5-4-10-6-9(3)7-12(10)11/h11-14H,5-10H2,1-4H3;8-12H,4-7H2,1-3H3. The van der Waals surface area contributed by atoms with E-state index in [4.69, 9.17) is 0 Å². The van der Waals surface area contributed by atoms with E-state index in [0.29, 0.717) is 0 Å². The first kappa shape index (κ1) is 22.3. The Labute approximate surface area is 166 Å². The maximum absolute atomic E-state index is 2.44. The van der Waals surface area contributed by atoms with Crippen LogP contribution in [0.3, 0.4) is 0 Å². The minimum absolute atomic E-state index is 0.897. The van der Waals surface area contributed by atoms with E-state index in [-0.39, 0.29) is 0 Å². The Kier molecular flexibility index (Phi) is 9.02. The van der Waals surface area contributed by atoms with Gasteiger partial charge in [-0.25, -0.2) is 0 Å². The number of hydrogen-bond donors (Lipinski definition) is 0. The average molecular weight is 363 g/mol. The summed E-state index contributed by atoms with van der Waals surface area (Å²) >= 11 is 0. The van der Waals surface area contributed by atoms with Gasteiger partial charge < -0.3 is 0 Å². The summed E-state index contributed by atoms with van der Waals surface area (Å²) < 4.78 is 0. The lowest BCUT2D eigenvalue weighted by atomic mass is 9.83. The van der Waals surface area contributed by atoms with Gasteiger partial charge in [-0.05, 0) is 91.8 Å². The quantitative estimate of drug-likeness (QED) is 0.443. The molecule has 7 atom stereocenters. The van der Waals surface area contributed by atoms with Crippen molar-refractivity contribution >= 4 is 0 Å². The molecular formula is C26H50. The summed E-state index contributed by atoms with van der Waals surface area (Å²) in [7, 11) is 0. The monoisotopic (exact) mass is 362 g/mol. The molecule has 3 aliphatic carbocycles. The Morgan fingerprint density at radius 2 is 1.46 bits per heavy atom. The van der Waals surface area contributed by atoms with Crippen LogP contribution in [-0.4, -0.2) is 0 Å². The van der Waals surface area contributed by atoms with Gasteiger partial charge in [-0.2, -0.15) is 0 Å². The van der Waals surface area contributed by atoms with Gasteiger partial charge in [0.15, 0.2) is 0 Å². The molecule has 0 nitrogen and oxygen atoms in total. The molecule has 0 heteroatoms. The van der Waals surface area contributed by atoms with Gasteiger partial charge in [-0.15, -0.1) is 0 Å². The van der Waals surface area contributed by atoms with Gasteiger partial charge in [0.2, 0.25) is 0 Å². The van der Waals surface area contributed by atoms with E-state index in [1.54, 1.807) is 0 Å². The summed E-state index contributed by atoms with van der Waals surface area (Å²) in [4.78, 5) is 0. The van der Waals surface area contributed by atoms with E-state index in [9.17, 15) is 0 Å². The van der Waals surface area contributed by atoms with Crippen LogP contribution in [-0.2, 0) is 0 Å². The molecule has 0 aliphatic heterocycles. The van der Waals surface area contributed by atoms with Crippen molar-refractivity contribution < 1.29 is 0 Å². The molecule has 0 heterocycles. The molecule has 0 amide bonds. The van der Waals surface area contributed by atoms with E-state index < -0.39 is 0 Å². The topological polar surface area (TPSA) is 0 Å². The zero-order valence-electron chi connectivity index (χ0n) is 19.3. The second-order valence-corrected chi connectivity index (χ2v) is 11.3. The zero-order valence-corrected chi connectivity index (χ0v) is 19.3. The lowest BCUT2D eigenvalue weighted by Crippen LogP contribution is -2.15. The van der Waals surface area contributed by atoms with Crippen molar-refractivity contribution in [1.29, 1.82) is 0 Å². The minimum atomic E-state index is 0.897. The van der Waals surface area contributed by atoms with Crippen molar-refractivity contribution in [2.45, 2.75) is 113 Å². The largest absolute Gasteiger partial charge is 0.0651 e. The number of fused-ring (bicyclic) bond motifs is 1. The smallest absolute Gasteiger partial charge is 0.0352 e. The summed E-state index contributed by atoms with van der Waals surface area (Å²) in [5, 5.41) is 0. The summed E-state index contributed by atoms with van der Waals surface area (Å²) in [6, 6.07) is 0. The molecule has 0 aromatic heterocycles. The van der Waals surface area contributed by atoms with Crippen molar-refractivity contribution in [2.75, 3.05) is 0 Å². The Hall–Kier alpha value is 0. The van der Waals surface area contributed by atoms with E-state index in [2.05, 4.69) is 48.5 Å². The molecule has 3 aliphatic rings. The summed E-state index contributed by atoms with van der Waals surface area (Å²) in [5.41, 5.74) is 0. The van der Waals surface area contributed by atoms with Crippen LogP contribution in [0.2, 0.25) is 0 Å². The van der Waals surface area contributed by atoms with Gasteiger partial charge in [0.25, 0.3) is 0 Å². The second-order valence-electron chi connectivity index (χ2n) is 11.3. The molecule has 154 valence electrons. The lowest BCUT2D eigenvalue weighted by Gasteiger charge is -2.22. The predicted molar refractivity (Wildman–Crippen MR) is 117 cm³/mol. The van der Waals surface area contributed by atoms with E-state index >= 15 is 0 Å². The second kappa shape index (κ2) is 10.5. The first-order valence-corrected chi connectivity index (χ1v) is 12.3. The SMILES string of the molecule is CC1CC2CCC(C(C)C)C2C1.CCC1CC(C)CC1CCCC(C)C. The fourth-order valence-electron chi connectivity index (χ4n) is 6.91. The van der Waals surface area contributed by atoms with Crippen LogP contribution in [0.4, 0.5) is 0 Å². The first-order valence-electron chi connectivity index (χ1n) is 12.3. The zero-order chi connectivity index (χ0) is 19.3. The predicted octanol–water partition coefficient (Wildman–Crippen LogP) is 8.60. The molecule has 3 rings (SSSR count). The van der Waals surface area contributed by atoms with Crippen LogP contribution in [0.1, 0.15) is 113 Å². The van der Waals surface area contributed by atoms with Crippen LogP contribution in [0, 0.1) is 53.3 Å². The van der Waals surface area contributed by atoms with Crippen LogP contribution < -0.4 is 0 Å². The Balaban J connectivity index is 0.000000189. The van der Waals surface area contributed by atoms with Crippen LogP contribution in [0.15, 0.2) is 0 Å². The van der Waals surface area contributed by atoms with E-state index in [1.807, 2.05) is 0 Å². The highest BCUT2D eigenvalue weighted by molar-refractivity contribution is 4.92. The molecule has 0 spiro atoms. The van der Waals surface area contributed by atoms with Crippen molar-refractivity contribution in [3.63, 3.8) is 0 Å². The molecular weight excluding hydrogens is 312 g/mol. The minimum Gasteiger partial charge on any atom is -0.0651 e. The molecule has 0 aromatic rings. The highest BCUT2D eigenvalue weighted by Crippen LogP contribution is 2.51. The Morgan fingerprint density at radius 3 is 2.08 bits per heavy atom. The summed E-state index contributed by atoms with van der Waals surface area (Å²) in [6.45, 7) is 16.8. The lowest BCUT2D eigenvalue weighted by molar-refractivity contribution is 0.272. The first-order chi connectivity index (χ1) is 12.3. The van der Waals surface area contributed by atoms with Crippen molar-refractivity contribution in [3.8, 4) is 0 Å². The van der Waals surface area contributed by atoms with Crippen molar-refractivity contribution in [1.82, 2.24) is 0 Å². The highest BCUT2D eigenvalue weighted by atomic mass is 14.5. The van der Waals surface area contributed by atoms with Gasteiger partial charge in [0.1, 0.15) is 0 Å². The molecule has 0 radical (unpaired) electrons.